The highest BCUT2D eigenvalue weighted by molar-refractivity contribution is 6.29. The fourth-order valence-electron chi connectivity index (χ4n) is 0.972. The summed E-state index contributed by atoms with van der Waals surface area (Å²) in [4.78, 5) is 15.5. The average molecular weight is 253 g/mol. The van der Waals surface area contributed by atoms with Crippen LogP contribution in [0.3, 0.4) is 0 Å². The number of hydrogen-bond donors (Lipinski definition) is 0. The summed E-state index contributed by atoms with van der Waals surface area (Å²) in [7, 11) is 1.57. The molecule has 0 saturated heterocycles. The maximum absolute atomic E-state index is 5.47. The number of ether oxygens (including phenoxy) is 1. The van der Waals surface area contributed by atoms with Crippen LogP contribution in [0.2, 0.25) is 5.15 Å². The third-order valence-electron chi connectivity index (χ3n) is 1.67. The van der Waals surface area contributed by atoms with Crippen molar-refractivity contribution in [2.24, 2.45) is 0 Å². The van der Waals surface area contributed by atoms with Crippen LogP contribution >= 0.6 is 11.6 Å². The Hall–Kier alpha value is -1.75. The van der Waals surface area contributed by atoms with Gasteiger partial charge in [0.2, 0.25) is 5.88 Å². The molecule has 2 rings (SSSR count). The fourth-order valence-corrected chi connectivity index (χ4v) is 1.16. The van der Waals surface area contributed by atoms with E-state index in [-0.39, 0.29) is 0 Å². The molecule has 0 saturated carbocycles. The van der Waals surface area contributed by atoms with Gasteiger partial charge in [0, 0.05) is 12.4 Å². The van der Waals surface area contributed by atoms with Crippen LogP contribution < -0.4 is 4.74 Å². The Morgan fingerprint density at radius 3 is 1.88 bits per heavy atom. The summed E-state index contributed by atoms with van der Waals surface area (Å²) in [5.41, 5.74) is 1.71. The summed E-state index contributed by atoms with van der Waals surface area (Å²) in [6.45, 7) is 3.72. The molecule has 2 aromatic rings. The molecule has 0 unspecified atom stereocenters. The minimum Gasteiger partial charge on any atom is -0.480 e. The minimum atomic E-state index is 0.449. The zero-order valence-corrected chi connectivity index (χ0v) is 10.6. The Labute approximate surface area is 105 Å². The van der Waals surface area contributed by atoms with Gasteiger partial charge in [-0.25, -0.2) is 9.97 Å². The normalized spacial score (nSPS) is 9.18. The maximum atomic E-state index is 5.47. The summed E-state index contributed by atoms with van der Waals surface area (Å²) in [5, 5.41) is 0.449. The summed E-state index contributed by atoms with van der Waals surface area (Å²) in [6, 6.07) is 0. The van der Waals surface area contributed by atoms with Gasteiger partial charge in [-0.15, -0.1) is 0 Å². The molecule has 0 amide bonds. The van der Waals surface area contributed by atoms with Crippen molar-refractivity contribution in [3.63, 3.8) is 0 Å². The molecule has 0 aliphatic rings. The first kappa shape index (κ1) is 13.3. The number of nitrogens with zero attached hydrogens (tertiary/aromatic N) is 4. The number of rotatable bonds is 1. The monoisotopic (exact) mass is 252 g/mol. The summed E-state index contributed by atoms with van der Waals surface area (Å²) < 4.78 is 4.82. The molecule has 0 aromatic carbocycles. The SMILES string of the molecule is COc1cncc(C)n1.Cc1cncc(Cl)n1. The van der Waals surface area contributed by atoms with Crippen LogP contribution in [-0.4, -0.2) is 27.0 Å². The summed E-state index contributed by atoms with van der Waals surface area (Å²) >= 11 is 5.47. The molecule has 0 aliphatic carbocycles. The molecule has 5 nitrogen and oxygen atoms in total. The first-order chi connectivity index (χ1) is 8.11. The molecular formula is C11H13ClN4O. The molecule has 0 fully saturated rings. The van der Waals surface area contributed by atoms with Gasteiger partial charge < -0.3 is 4.74 Å². The topological polar surface area (TPSA) is 60.8 Å². The third-order valence-corrected chi connectivity index (χ3v) is 1.85. The van der Waals surface area contributed by atoms with Gasteiger partial charge in [-0.1, -0.05) is 11.6 Å². The highest BCUT2D eigenvalue weighted by atomic mass is 35.5. The Morgan fingerprint density at radius 1 is 0.941 bits per heavy atom. The Bertz CT molecular complexity index is 461. The van der Waals surface area contributed by atoms with Crippen molar-refractivity contribution >= 4 is 11.6 Å². The highest BCUT2D eigenvalue weighted by Gasteiger charge is 1.89. The Balaban J connectivity index is 0.000000171. The second-order valence-electron chi connectivity index (χ2n) is 3.19. The molecule has 6 heteroatoms. The van der Waals surface area contributed by atoms with Gasteiger partial charge in [0.05, 0.1) is 30.9 Å². The van der Waals surface area contributed by atoms with E-state index in [1.165, 1.54) is 6.20 Å². The van der Waals surface area contributed by atoms with Crippen LogP contribution in [0, 0.1) is 13.8 Å². The van der Waals surface area contributed by atoms with Gasteiger partial charge in [-0.2, -0.15) is 0 Å². The number of aromatic nitrogens is 4. The Morgan fingerprint density at radius 2 is 1.53 bits per heavy atom. The van der Waals surface area contributed by atoms with Gasteiger partial charge in [-0.05, 0) is 13.8 Å². The van der Waals surface area contributed by atoms with Gasteiger partial charge in [0.25, 0.3) is 0 Å². The number of hydrogen-bond acceptors (Lipinski definition) is 5. The lowest BCUT2D eigenvalue weighted by Crippen LogP contribution is -1.89. The van der Waals surface area contributed by atoms with Gasteiger partial charge >= 0.3 is 0 Å². The lowest BCUT2D eigenvalue weighted by molar-refractivity contribution is 0.394. The van der Waals surface area contributed by atoms with Crippen LogP contribution in [0.25, 0.3) is 0 Å². The molecule has 0 aliphatic heterocycles. The molecule has 90 valence electrons. The summed E-state index contributed by atoms with van der Waals surface area (Å²) in [6.07, 6.45) is 6.43. The van der Waals surface area contributed by atoms with Crippen LogP contribution in [0.4, 0.5) is 0 Å². The fraction of sp³-hybridized carbons (Fsp3) is 0.273. The number of aryl methyl sites for hydroxylation is 2. The lowest BCUT2D eigenvalue weighted by atomic mass is 10.5. The minimum absolute atomic E-state index is 0.449. The molecule has 2 aromatic heterocycles. The average Bonchev–Trinajstić information content (AvgIpc) is 2.29. The van der Waals surface area contributed by atoms with Crippen molar-refractivity contribution < 1.29 is 4.74 Å². The first-order valence-electron chi connectivity index (χ1n) is 4.88. The smallest absolute Gasteiger partial charge is 0.232 e. The zero-order valence-electron chi connectivity index (χ0n) is 9.88. The molecule has 0 N–H and O–H groups in total. The molecule has 0 spiro atoms. The second kappa shape index (κ2) is 6.75. The van der Waals surface area contributed by atoms with Crippen molar-refractivity contribution in [2.75, 3.05) is 7.11 Å². The standard InChI is InChI=1S/C6H8N2O.C5H5ClN2/c1-5-3-7-4-6(8-5)9-2;1-4-2-7-3-5(6)8-4/h3-4H,1-2H3;2-3H,1H3. The van der Waals surface area contributed by atoms with E-state index < -0.39 is 0 Å². The molecule has 0 radical (unpaired) electrons. The lowest BCUT2D eigenvalue weighted by Gasteiger charge is -1.95. The van der Waals surface area contributed by atoms with Gasteiger partial charge in [0.15, 0.2) is 0 Å². The number of methoxy groups -OCH3 is 1. The van der Waals surface area contributed by atoms with Crippen molar-refractivity contribution in [2.45, 2.75) is 13.8 Å². The van der Waals surface area contributed by atoms with E-state index in [4.69, 9.17) is 16.3 Å². The zero-order chi connectivity index (χ0) is 12.7. The molecular weight excluding hydrogens is 240 g/mol. The van der Waals surface area contributed by atoms with Crippen molar-refractivity contribution in [3.05, 3.63) is 41.3 Å². The van der Waals surface area contributed by atoms with Crippen LogP contribution in [0.1, 0.15) is 11.4 Å². The maximum Gasteiger partial charge on any atom is 0.232 e. The van der Waals surface area contributed by atoms with E-state index in [2.05, 4.69) is 19.9 Å². The van der Waals surface area contributed by atoms with E-state index in [9.17, 15) is 0 Å². The van der Waals surface area contributed by atoms with Crippen LogP contribution in [-0.2, 0) is 0 Å². The molecule has 2 heterocycles. The molecule has 17 heavy (non-hydrogen) atoms. The molecule has 0 bridgehead atoms. The van der Waals surface area contributed by atoms with Crippen molar-refractivity contribution in [3.8, 4) is 5.88 Å². The van der Waals surface area contributed by atoms with Crippen LogP contribution in [0.15, 0.2) is 24.8 Å². The van der Waals surface area contributed by atoms with Crippen molar-refractivity contribution in [1.82, 2.24) is 19.9 Å². The quantitative estimate of drug-likeness (QED) is 0.779. The first-order valence-corrected chi connectivity index (χ1v) is 5.26. The predicted octanol–water partition coefficient (Wildman–Crippen LogP) is 2.23. The van der Waals surface area contributed by atoms with E-state index >= 15 is 0 Å². The second-order valence-corrected chi connectivity index (χ2v) is 3.57. The largest absolute Gasteiger partial charge is 0.480 e. The van der Waals surface area contributed by atoms with Gasteiger partial charge in [0.1, 0.15) is 5.15 Å². The Kier molecular flexibility index (Phi) is 5.29. The van der Waals surface area contributed by atoms with E-state index in [0.29, 0.717) is 11.0 Å². The van der Waals surface area contributed by atoms with Crippen molar-refractivity contribution in [1.29, 1.82) is 0 Å². The predicted molar refractivity (Wildman–Crippen MR) is 65.1 cm³/mol. The van der Waals surface area contributed by atoms with Crippen LogP contribution in [0.5, 0.6) is 5.88 Å². The van der Waals surface area contributed by atoms with E-state index in [1.54, 1.807) is 25.7 Å². The van der Waals surface area contributed by atoms with Gasteiger partial charge in [-0.3, -0.25) is 9.97 Å². The highest BCUT2D eigenvalue weighted by Crippen LogP contribution is 2.01. The summed E-state index contributed by atoms with van der Waals surface area (Å²) in [5.74, 6) is 0.565. The van der Waals surface area contributed by atoms with E-state index in [1.807, 2.05) is 13.8 Å². The third kappa shape index (κ3) is 5.21. The van der Waals surface area contributed by atoms with E-state index in [0.717, 1.165) is 11.4 Å². The number of halogens is 1. The molecule has 0 atom stereocenters.